The number of halogens is 1. The summed E-state index contributed by atoms with van der Waals surface area (Å²) in [5.74, 6) is 1.55. The molecule has 1 fully saturated rings. The minimum Gasteiger partial charge on any atom is -0.490 e. The number of epoxide rings is 1. The number of nitrogens with one attached hydrogen (secondary N) is 1. The smallest absolute Gasteiger partial charge is 0.154 e. The van der Waals surface area contributed by atoms with E-state index < -0.39 is 0 Å². The number of ether oxygens (including phenoxy) is 2. The van der Waals surface area contributed by atoms with E-state index in [1.165, 1.54) is 0 Å². The van der Waals surface area contributed by atoms with Crippen molar-refractivity contribution in [1.29, 1.82) is 0 Å². The summed E-state index contributed by atoms with van der Waals surface area (Å²) in [6.45, 7) is 7.86. The van der Waals surface area contributed by atoms with Crippen molar-refractivity contribution in [3.8, 4) is 5.75 Å². The average Bonchev–Trinajstić information content (AvgIpc) is 3.15. The second-order valence-corrected chi connectivity index (χ2v) is 5.57. The average molecular weight is 296 g/mol. The maximum absolute atomic E-state index is 5.74. The first-order valence-corrected chi connectivity index (χ1v) is 7.58. The molecule has 1 aliphatic heterocycles. The monoisotopic (exact) mass is 295 g/mol. The number of hydrogen-bond donors (Lipinski definition) is 1. The van der Waals surface area contributed by atoms with Crippen molar-refractivity contribution in [2.75, 3.05) is 11.2 Å². The van der Waals surface area contributed by atoms with Crippen LogP contribution in [0, 0.1) is 0 Å². The van der Waals surface area contributed by atoms with Crippen LogP contribution in [-0.4, -0.2) is 24.3 Å². The molecule has 0 saturated carbocycles. The van der Waals surface area contributed by atoms with Crippen LogP contribution in [0.5, 0.6) is 5.75 Å². The van der Waals surface area contributed by atoms with Gasteiger partial charge in [-0.2, -0.15) is 0 Å². The molecule has 2 rings (SSSR count). The second-order valence-electron chi connectivity index (χ2n) is 5.19. The molecule has 0 bridgehead atoms. The molecule has 4 heteroatoms. The lowest BCUT2D eigenvalue weighted by molar-refractivity contribution is 0.242. The Morgan fingerprint density at radius 1 is 1.50 bits per heavy atom. The highest BCUT2D eigenvalue weighted by Crippen LogP contribution is 2.31. The van der Waals surface area contributed by atoms with Gasteiger partial charge in [-0.3, -0.25) is 0 Å². The van der Waals surface area contributed by atoms with Gasteiger partial charge in [0, 0.05) is 17.1 Å². The molecule has 110 valence electrons. The zero-order valence-corrected chi connectivity index (χ0v) is 12.8. The van der Waals surface area contributed by atoms with E-state index in [1.807, 2.05) is 38.1 Å². The van der Waals surface area contributed by atoms with Gasteiger partial charge in [-0.25, -0.2) is 0 Å². The Morgan fingerprint density at radius 3 is 2.95 bits per heavy atom. The molecular weight excluding hydrogens is 274 g/mol. The molecule has 2 atom stereocenters. The molecule has 2 unspecified atom stereocenters. The molecule has 0 aliphatic carbocycles. The number of anilines is 1. The van der Waals surface area contributed by atoms with E-state index >= 15 is 0 Å². The Morgan fingerprint density at radius 2 is 2.30 bits per heavy atom. The first-order valence-electron chi connectivity index (χ1n) is 7.05. The molecule has 1 aromatic rings. The van der Waals surface area contributed by atoms with Gasteiger partial charge in [0.2, 0.25) is 0 Å². The number of alkyl halides is 1. The van der Waals surface area contributed by atoms with Crippen molar-refractivity contribution >= 4 is 23.4 Å². The van der Waals surface area contributed by atoms with Crippen LogP contribution in [0.15, 0.2) is 24.8 Å². The highest BCUT2D eigenvalue weighted by atomic mass is 35.5. The van der Waals surface area contributed by atoms with Crippen LogP contribution in [0.25, 0.3) is 6.08 Å². The predicted molar refractivity (Wildman–Crippen MR) is 84.5 cm³/mol. The summed E-state index contributed by atoms with van der Waals surface area (Å²) in [6.07, 6.45) is 4.34. The van der Waals surface area contributed by atoms with Crippen molar-refractivity contribution in [1.82, 2.24) is 0 Å². The lowest BCUT2D eigenvalue weighted by Crippen LogP contribution is -2.09. The fraction of sp³-hybridized carbons (Fsp3) is 0.500. The van der Waals surface area contributed by atoms with Crippen molar-refractivity contribution in [2.45, 2.75) is 45.1 Å². The normalized spacial score (nSPS) is 20.8. The fourth-order valence-corrected chi connectivity index (χ4v) is 2.25. The van der Waals surface area contributed by atoms with Crippen molar-refractivity contribution in [3.05, 3.63) is 30.3 Å². The molecule has 1 heterocycles. The topological polar surface area (TPSA) is 33.8 Å². The van der Waals surface area contributed by atoms with E-state index in [4.69, 9.17) is 21.1 Å². The van der Waals surface area contributed by atoms with E-state index in [9.17, 15) is 0 Å². The Labute approximate surface area is 125 Å². The van der Waals surface area contributed by atoms with Crippen LogP contribution in [0.4, 0.5) is 5.69 Å². The maximum atomic E-state index is 5.74. The Bertz CT molecular complexity index is 462. The molecule has 0 amide bonds. The number of rotatable bonds is 8. The van der Waals surface area contributed by atoms with Gasteiger partial charge in [0.05, 0.1) is 6.10 Å². The molecule has 0 radical (unpaired) electrons. The zero-order valence-electron chi connectivity index (χ0n) is 12.1. The van der Waals surface area contributed by atoms with E-state index in [-0.39, 0.29) is 18.4 Å². The third-order valence-corrected chi connectivity index (χ3v) is 3.37. The van der Waals surface area contributed by atoms with Gasteiger partial charge in [-0.1, -0.05) is 12.7 Å². The largest absolute Gasteiger partial charge is 0.490 e. The summed E-state index contributed by atoms with van der Waals surface area (Å²) in [5.41, 5.74) is 2.01. The van der Waals surface area contributed by atoms with Crippen LogP contribution in [-0.2, 0) is 4.74 Å². The summed E-state index contributed by atoms with van der Waals surface area (Å²) in [5, 5.41) is 3.36. The van der Waals surface area contributed by atoms with Crippen LogP contribution in [0.2, 0.25) is 0 Å². The molecule has 1 aromatic carbocycles. The predicted octanol–water partition coefficient (Wildman–Crippen LogP) is 4.27. The first-order chi connectivity index (χ1) is 9.63. The van der Waals surface area contributed by atoms with Gasteiger partial charge in [0.25, 0.3) is 0 Å². The minimum absolute atomic E-state index is 0.104. The van der Waals surface area contributed by atoms with Crippen LogP contribution < -0.4 is 10.1 Å². The van der Waals surface area contributed by atoms with E-state index in [1.54, 1.807) is 0 Å². The van der Waals surface area contributed by atoms with Crippen molar-refractivity contribution in [2.24, 2.45) is 0 Å². The van der Waals surface area contributed by atoms with Gasteiger partial charge >= 0.3 is 0 Å². The van der Waals surface area contributed by atoms with E-state index in [0.717, 1.165) is 29.8 Å². The summed E-state index contributed by atoms with van der Waals surface area (Å²) >= 11 is 5.68. The molecule has 0 aromatic heterocycles. The Balaban J connectivity index is 1.95. The molecule has 3 nitrogen and oxygen atoms in total. The molecule has 1 saturated heterocycles. The minimum atomic E-state index is 0.104. The molecule has 0 spiro atoms. The van der Waals surface area contributed by atoms with Gasteiger partial charge in [-0.15, -0.1) is 11.6 Å². The third-order valence-electron chi connectivity index (χ3n) is 3.11. The van der Waals surface area contributed by atoms with Crippen LogP contribution >= 0.6 is 11.6 Å². The number of hydrogen-bond acceptors (Lipinski definition) is 3. The quantitative estimate of drug-likeness (QED) is 0.574. The molecule has 1 N–H and O–H groups in total. The standard InChI is InChI=1S/C16H22ClNO2/c1-4-12-10-13(7-8-14(12)19-11(2)3)18-16-15(20-16)6-5-9-17/h4,7-8,10-11,15-16,18H,1,5-6,9H2,2-3H3. The zero-order chi connectivity index (χ0) is 14.5. The summed E-state index contributed by atoms with van der Waals surface area (Å²) in [6, 6.07) is 6.01. The lowest BCUT2D eigenvalue weighted by atomic mass is 10.1. The summed E-state index contributed by atoms with van der Waals surface area (Å²) < 4.78 is 11.3. The van der Waals surface area contributed by atoms with Crippen LogP contribution in [0.3, 0.4) is 0 Å². The number of benzene rings is 1. The second kappa shape index (κ2) is 7.00. The van der Waals surface area contributed by atoms with Crippen LogP contribution in [0.1, 0.15) is 32.3 Å². The maximum Gasteiger partial charge on any atom is 0.154 e. The van der Waals surface area contributed by atoms with E-state index in [2.05, 4.69) is 11.9 Å². The van der Waals surface area contributed by atoms with Gasteiger partial charge in [0.1, 0.15) is 11.9 Å². The van der Waals surface area contributed by atoms with Gasteiger partial charge in [-0.05, 0) is 44.9 Å². The highest BCUT2D eigenvalue weighted by Gasteiger charge is 2.37. The SMILES string of the molecule is C=Cc1cc(NC2OC2CCCCl)ccc1OC(C)C. The van der Waals surface area contributed by atoms with E-state index in [0.29, 0.717) is 5.88 Å². The Kier molecular flexibility index (Phi) is 5.32. The van der Waals surface area contributed by atoms with Gasteiger partial charge < -0.3 is 14.8 Å². The highest BCUT2D eigenvalue weighted by molar-refractivity contribution is 6.17. The summed E-state index contributed by atoms with van der Waals surface area (Å²) in [7, 11) is 0. The molecular formula is C16H22ClNO2. The van der Waals surface area contributed by atoms with Gasteiger partial charge in [0.15, 0.2) is 6.23 Å². The third kappa shape index (κ3) is 4.15. The van der Waals surface area contributed by atoms with Crippen molar-refractivity contribution < 1.29 is 9.47 Å². The summed E-state index contributed by atoms with van der Waals surface area (Å²) in [4.78, 5) is 0. The lowest BCUT2D eigenvalue weighted by Gasteiger charge is -2.14. The molecule has 20 heavy (non-hydrogen) atoms. The fourth-order valence-electron chi connectivity index (χ4n) is 2.09. The molecule has 1 aliphatic rings. The van der Waals surface area contributed by atoms with Crippen molar-refractivity contribution in [3.63, 3.8) is 0 Å². The first kappa shape index (κ1) is 15.2. The Hall–Kier alpha value is -1.19.